The molecule has 0 aliphatic carbocycles. The predicted molar refractivity (Wildman–Crippen MR) is 106 cm³/mol. The summed E-state index contributed by atoms with van der Waals surface area (Å²) in [4.78, 5) is 41.0. The van der Waals surface area contributed by atoms with E-state index in [0.717, 1.165) is 12.8 Å². The third-order valence-electron chi connectivity index (χ3n) is 5.13. The Hall–Kier alpha value is -2.41. The largest absolute Gasteiger partial charge is 0.368 e. The Balaban J connectivity index is 1.58. The number of amides is 3. The van der Waals surface area contributed by atoms with Crippen molar-refractivity contribution >= 4 is 23.4 Å². The first-order chi connectivity index (χ1) is 13.3. The molecule has 7 nitrogen and oxygen atoms in total. The van der Waals surface area contributed by atoms with E-state index in [1.165, 1.54) is 0 Å². The highest BCUT2D eigenvalue weighted by atomic mass is 16.5. The quantitative estimate of drug-likeness (QED) is 0.862. The van der Waals surface area contributed by atoms with Crippen molar-refractivity contribution in [3.05, 3.63) is 29.8 Å². The molecule has 0 radical (unpaired) electrons. The lowest BCUT2D eigenvalue weighted by Crippen LogP contribution is -2.52. The Bertz CT molecular complexity index is 742. The van der Waals surface area contributed by atoms with Crippen LogP contribution >= 0.6 is 0 Å². The number of nitrogens with one attached hydrogen (secondary N) is 1. The molecule has 1 unspecified atom stereocenters. The molecule has 2 fully saturated rings. The first-order valence-electron chi connectivity index (χ1n) is 9.87. The average Bonchev–Trinajstić information content (AvgIpc) is 3.21. The summed E-state index contributed by atoms with van der Waals surface area (Å²) in [5, 5.41) is 2.86. The molecule has 1 aromatic carbocycles. The molecule has 1 atom stereocenters. The number of anilines is 1. The zero-order valence-corrected chi connectivity index (χ0v) is 16.9. The fraction of sp³-hybridized carbons (Fsp3) is 0.571. The SMILES string of the molecule is CC(C)(C)C(=O)Nc1cccc(C(=O)N2CCN(C(=O)C3CCCO3)CC2)c1. The Morgan fingerprint density at radius 3 is 2.36 bits per heavy atom. The van der Waals surface area contributed by atoms with Gasteiger partial charge in [0.2, 0.25) is 5.91 Å². The number of benzene rings is 1. The zero-order chi connectivity index (χ0) is 20.3. The third-order valence-corrected chi connectivity index (χ3v) is 5.13. The number of hydrogen-bond acceptors (Lipinski definition) is 4. The molecule has 0 saturated carbocycles. The molecule has 2 heterocycles. The van der Waals surface area contributed by atoms with Gasteiger partial charge in [0, 0.05) is 49.5 Å². The maximum Gasteiger partial charge on any atom is 0.254 e. The molecule has 1 aromatic rings. The summed E-state index contributed by atoms with van der Waals surface area (Å²) in [5.74, 6) is -0.147. The Labute approximate surface area is 166 Å². The molecule has 2 saturated heterocycles. The minimum Gasteiger partial charge on any atom is -0.368 e. The molecule has 152 valence electrons. The lowest BCUT2D eigenvalue weighted by Gasteiger charge is -2.35. The molecule has 3 rings (SSSR count). The highest BCUT2D eigenvalue weighted by Gasteiger charge is 2.31. The van der Waals surface area contributed by atoms with Crippen LogP contribution in [0.3, 0.4) is 0 Å². The van der Waals surface area contributed by atoms with E-state index in [4.69, 9.17) is 4.74 Å². The van der Waals surface area contributed by atoms with Crippen molar-refractivity contribution in [2.24, 2.45) is 5.41 Å². The number of carbonyl (C=O) groups is 3. The number of piperazine rings is 1. The summed E-state index contributed by atoms with van der Waals surface area (Å²) >= 11 is 0. The Morgan fingerprint density at radius 1 is 1.07 bits per heavy atom. The number of ether oxygens (including phenoxy) is 1. The molecular weight excluding hydrogens is 358 g/mol. The lowest BCUT2D eigenvalue weighted by molar-refractivity contribution is -0.142. The van der Waals surface area contributed by atoms with Gasteiger partial charge >= 0.3 is 0 Å². The van der Waals surface area contributed by atoms with Gasteiger partial charge in [-0.25, -0.2) is 0 Å². The van der Waals surface area contributed by atoms with Gasteiger partial charge in [-0.05, 0) is 31.0 Å². The van der Waals surface area contributed by atoms with E-state index in [0.29, 0.717) is 44.0 Å². The fourth-order valence-electron chi connectivity index (χ4n) is 3.34. The fourth-order valence-corrected chi connectivity index (χ4v) is 3.34. The summed E-state index contributed by atoms with van der Waals surface area (Å²) in [6.45, 7) is 8.21. The monoisotopic (exact) mass is 387 g/mol. The van der Waals surface area contributed by atoms with Gasteiger partial charge < -0.3 is 19.9 Å². The van der Waals surface area contributed by atoms with Crippen LogP contribution in [-0.2, 0) is 14.3 Å². The summed E-state index contributed by atoms with van der Waals surface area (Å²) in [5.41, 5.74) is 0.634. The number of hydrogen-bond donors (Lipinski definition) is 1. The second kappa shape index (κ2) is 8.31. The van der Waals surface area contributed by atoms with Gasteiger partial charge in [-0.2, -0.15) is 0 Å². The highest BCUT2D eigenvalue weighted by Crippen LogP contribution is 2.20. The van der Waals surface area contributed by atoms with Crippen LogP contribution in [0.25, 0.3) is 0 Å². The van der Waals surface area contributed by atoms with Crippen LogP contribution in [0.1, 0.15) is 44.0 Å². The second-order valence-electron chi connectivity index (χ2n) is 8.40. The molecule has 0 spiro atoms. The topological polar surface area (TPSA) is 79.0 Å². The van der Waals surface area contributed by atoms with E-state index >= 15 is 0 Å². The maximum absolute atomic E-state index is 12.9. The van der Waals surface area contributed by atoms with Crippen LogP contribution in [0.5, 0.6) is 0 Å². The standard InChI is InChI=1S/C21H29N3O4/c1-21(2,3)20(27)22-16-7-4-6-15(14-16)18(25)23-9-11-24(12-10-23)19(26)17-8-5-13-28-17/h4,6-7,14,17H,5,8-13H2,1-3H3,(H,22,27). The summed E-state index contributed by atoms with van der Waals surface area (Å²) in [6, 6.07) is 7.00. The first-order valence-corrected chi connectivity index (χ1v) is 9.87. The highest BCUT2D eigenvalue weighted by molar-refractivity contribution is 5.98. The predicted octanol–water partition coefficient (Wildman–Crippen LogP) is 2.13. The summed E-state index contributed by atoms with van der Waals surface area (Å²) in [7, 11) is 0. The van der Waals surface area contributed by atoms with Crippen molar-refractivity contribution in [3.63, 3.8) is 0 Å². The second-order valence-corrected chi connectivity index (χ2v) is 8.40. The Morgan fingerprint density at radius 2 is 1.75 bits per heavy atom. The van der Waals surface area contributed by atoms with Crippen LogP contribution in [0.4, 0.5) is 5.69 Å². The lowest BCUT2D eigenvalue weighted by atomic mass is 9.95. The van der Waals surface area contributed by atoms with Gasteiger partial charge in [-0.3, -0.25) is 14.4 Å². The molecule has 7 heteroatoms. The van der Waals surface area contributed by atoms with Gasteiger partial charge in [0.15, 0.2) is 0 Å². The summed E-state index contributed by atoms with van der Waals surface area (Å²) in [6.07, 6.45) is 1.40. The zero-order valence-electron chi connectivity index (χ0n) is 16.9. The molecule has 2 aliphatic heterocycles. The minimum absolute atomic E-state index is 0.0384. The van der Waals surface area contributed by atoms with Gasteiger partial charge in [0.1, 0.15) is 6.10 Å². The molecule has 2 aliphatic rings. The molecule has 0 aromatic heterocycles. The smallest absolute Gasteiger partial charge is 0.254 e. The molecule has 1 N–H and O–H groups in total. The van der Waals surface area contributed by atoms with Crippen LogP contribution in [0.15, 0.2) is 24.3 Å². The van der Waals surface area contributed by atoms with Crippen molar-refractivity contribution in [3.8, 4) is 0 Å². The molecule has 3 amide bonds. The van der Waals surface area contributed by atoms with Gasteiger partial charge in [0.05, 0.1) is 0 Å². The van der Waals surface area contributed by atoms with E-state index in [2.05, 4.69) is 5.32 Å². The number of nitrogens with zero attached hydrogens (tertiary/aromatic N) is 2. The van der Waals surface area contributed by atoms with Crippen LogP contribution < -0.4 is 5.32 Å². The normalized spacial score (nSPS) is 20.2. The summed E-state index contributed by atoms with van der Waals surface area (Å²) < 4.78 is 5.47. The van der Waals surface area contributed by atoms with E-state index in [1.807, 2.05) is 20.8 Å². The van der Waals surface area contributed by atoms with Crippen molar-refractivity contribution in [1.29, 1.82) is 0 Å². The van der Waals surface area contributed by atoms with E-state index < -0.39 is 5.41 Å². The molecular formula is C21H29N3O4. The Kier molecular flexibility index (Phi) is 6.03. The van der Waals surface area contributed by atoms with Crippen LogP contribution in [0, 0.1) is 5.41 Å². The van der Waals surface area contributed by atoms with Crippen molar-refractivity contribution in [2.75, 3.05) is 38.1 Å². The van der Waals surface area contributed by atoms with Gasteiger partial charge in [-0.15, -0.1) is 0 Å². The van der Waals surface area contributed by atoms with Crippen molar-refractivity contribution in [1.82, 2.24) is 9.80 Å². The third kappa shape index (κ3) is 4.70. The van der Waals surface area contributed by atoms with Crippen molar-refractivity contribution in [2.45, 2.75) is 39.7 Å². The van der Waals surface area contributed by atoms with E-state index in [9.17, 15) is 14.4 Å². The van der Waals surface area contributed by atoms with Gasteiger partial charge in [-0.1, -0.05) is 26.8 Å². The van der Waals surface area contributed by atoms with Crippen LogP contribution in [0.2, 0.25) is 0 Å². The van der Waals surface area contributed by atoms with Gasteiger partial charge in [0.25, 0.3) is 11.8 Å². The van der Waals surface area contributed by atoms with Crippen LogP contribution in [-0.4, -0.2) is 66.4 Å². The number of rotatable bonds is 3. The molecule has 0 bridgehead atoms. The first kappa shape index (κ1) is 20.3. The number of carbonyl (C=O) groups excluding carboxylic acids is 3. The molecule has 28 heavy (non-hydrogen) atoms. The van der Waals surface area contributed by atoms with E-state index in [1.54, 1.807) is 34.1 Å². The average molecular weight is 387 g/mol. The maximum atomic E-state index is 12.9. The van der Waals surface area contributed by atoms with E-state index in [-0.39, 0.29) is 23.8 Å². The minimum atomic E-state index is -0.508. The van der Waals surface area contributed by atoms with Crippen molar-refractivity contribution < 1.29 is 19.1 Å².